The number of rotatable bonds is 3. The summed E-state index contributed by atoms with van der Waals surface area (Å²) in [5.41, 5.74) is 8.56. The highest BCUT2D eigenvalue weighted by atomic mass is 79.9. The minimum Gasteiger partial charge on any atom is -0.388 e. The Balaban J connectivity index is 2.25. The lowest BCUT2D eigenvalue weighted by molar-refractivity contribution is 0.178. The maximum atomic E-state index is 10.3. The van der Waals surface area contributed by atoms with Crippen molar-refractivity contribution in [3.63, 3.8) is 0 Å². The molecule has 94 valence electrons. The molecule has 2 aromatic rings. The van der Waals surface area contributed by atoms with Crippen LogP contribution >= 0.6 is 15.9 Å². The Bertz CT molecular complexity index is 537. The number of aromatic nitrogens is 1. The van der Waals surface area contributed by atoms with Gasteiger partial charge in [0.25, 0.3) is 0 Å². The molecular formula is C14H15BrN2O. The number of halogens is 1. The molecule has 1 aromatic carbocycles. The predicted octanol–water partition coefficient (Wildman–Crippen LogP) is 3.01. The molecular weight excluding hydrogens is 292 g/mol. The second-order valence-electron chi connectivity index (χ2n) is 4.28. The van der Waals surface area contributed by atoms with Crippen LogP contribution in [0.25, 0.3) is 0 Å². The number of nitrogens with zero attached hydrogens (tertiary/aromatic N) is 1. The van der Waals surface area contributed by atoms with E-state index in [-0.39, 0.29) is 0 Å². The Morgan fingerprint density at radius 1 is 1.39 bits per heavy atom. The van der Waals surface area contributed by atoms with E-state index in [2.05, 4.69) is 20.9 Å². The Morgan fingerprint density at radius 3 is 2.83 bits per heavy atom. The van der Waals surface area contributed by atoms with E-state index in [0.29, 0.717) is 12.2 Å². The number of aliphatic hydroxyl groups excluding tert-OH is 1. The summed E-state index contributed by atoms with van der Waals surface area (Å²) in [5.74, 6) is 0.400. The first-order valence-corrected chi connectivity index (χ1v) is 6.50. The zero-order chi connectivity index (χ0) is 13.1. The first-order valence-electron chi connectivity index (χ1n) is 5.71. The average molecular weight is 307 g/mol. The van der Waals surface area contributed by atoms with Gasteiger partial charge in [0.1, 0.15) is 5.82 Å². The van der Waals surface area contributed by atoms with E-state index in [4.69, 9.17) is 5.73 Å². The van der Waals surface area contributed by atoms with Crippen LogP contribution in [0.4, 0.5) is 5.82 Å². The molecule has 0 saturated carbocycles. The number of nitrogen functional groups attached to an aromatic ring is 1. The van der Waals surface area contributed by atoms with Gasteiger partial charge in [-0.2, -0.15) is 0 Å². The zero-order valence-electron chi connectivity index (χ0n) is 10.1. The van der Waals surface area contributed by atoms with Crippen LogP contribution in [0.15, 0.2) is 41.0 Å². The van der Waals surface area contributed by atoms with Crippen molar-refractivity contribution in [1.29, 1.82) is 0 Å². The zero-order valence-corrected chi connectivity index (χ0v) is 11.7. The summed E-state index contributed by atoms with van der Waals surface area (Å²) in [6.07, 6.45) is 1.55. The van der Waals surface area contributed by atoms with E-state index in [0.717, 1.165) is 21.2 Å². The van der Waals surface area contributed by atoms with Gasteiger partial charge < -0.3 is 10.8 Å². The molecule has 3 N–H and O–H groups in total. The van der Waals surface area contributed by atoms with Gasteiger partial charge in [-0.3, -0.25) is 0 Å². The fourth-order valence-electron chi connectivity index (χ4n) is 2.01. The third-order valence-electron chi connectivity index (χ3n) is 2.89. The van der Waals surface area contributed by atoms with Crippen LogP contribution in [0.5, 0.6) is 0 Å². The number of hydrogen-bond acceptors (Lipinski definition) is 3. The second kappa shape index (κ2) is 5.50. The van der Waals surface area contributed by atoms with Crippen molar-refractivity contribution in [3.05, 3.63) is 57.7 Å². The van der Waals surface area contributed by atoms with Gasteiger partial charge in [0.15, 0.2) is 0 Å². The van der Waals surface area contributed by atoms with Crippen molar-refractivity contribution < 1.29 is 5.11 Å². The highest BCUT2D eigenvalue weighted by molar-refractivity contribution is 9.10. The topological polar surface area (TPSA) is 59.1 Å². The summed E-state index contributed by atoms with van der Waals surface area (Å²) in [6, 6.07) is 9.74. The molecule has 3 nitrogen and oxygen atoms in total. The van der Waals surface area contributed by atoms with E-state index in [1.165, 1.54) is 0 Å². The molecule has 18 heavy (non-hydrogen) atoms. The Morgan fingerprint density at radius 2 is 2.17 bits per heavy atom. The van der Waals surface area contributed by atoms with E-state index >= 15 is 0 Å². The number of aliphatic hydroxyl groups is 1. The molecule has 1 heterocycles. The fourth-order valence-corrected chi connectivity index (χ4v) is 2.46. The molecule has 0 aliphatic carbocycles. The van der Waals surface area contributed by atoms with Gasteiger partial charge in [0.2, 0.25) is 0 Å². The fraction of sp³-hybridized carbons (Fsp3) is 0.214. The van der Waals surface area contributed by atoms with Crippen LogP contribution in [0.1, 0.15) is 22.8 Å². The van der Waals surface area contributed by atoms with Gasteiger partial charge in [-0.25, -0.2) is 4.98 Å². The molecule has 0 aliphatic heterocycles. The van der Waals surface area contributed by atoms with Crippen LogP contribution in [-0.2, 0) is 6.42 Å². The van der Waals surface area contributed by atoms with Gasteiger partial charge in [0, 0.05) is 22.7 Å². The number of pyridine rings is 1. The number of hydrogen-bond donors (Lipinski definition) is 2. The Hall–Kier alpha value is -1.39. The first-order chi connectivity index (χ1) is 8.58. The van der Waals surface area contributed by atoms with Gasteiger partial charge in [-0.1, -0.05) is 28.1 Å². The van der Waals surface area contributed by atoms with Crippen molar-refractivity contribution in [1.82, 2.24) is 4.98 Å². The molecule has 1 aromatic heterocycles. The highest BCUT2D eigenvalue weighted by Gasteiger charge is 2.15. The summed E-state index contributed by atoms with van der Waals surface area (Å²) in [6.45, 7) is 1.93. The summed E-state index contributed by atoms with van der Waals surface area (Å²) in [7, 11) is 0. The van der Waals surface area contributed by atoms with Crippen LogP contribution in [0, 0.1) is 6.92 Å². The third kappa shape index (κ3) is 2.89. The summed E-state index contributed by atoms with van der Waals surface area (Å²) in [4.78, 5) is 4.03. The number of nitrogens with two attached hydrogens (primary N) is 1. The van der Waals surface area contributed by atoms with Crippen molar-refractivity contribution in [2.24, 2.45) is 0 Å². The molecule has 0 spiro atoms. The van der Waals surface area contributed by atoms with Crippen LogP contribution in [0.3, 0.4) is 0 Å². The number of aryl methyl sites for hydroxylation is 1. The van der Waals surface area contributed by atoms with Gasteiger partial charge in [-0.05, 0) is 36.2 Å². The standard InChI is InChI=1S/C14H15BrN2O/c1-9-5-6-17-14(16)13(9)12(18)8-10-3-2-4-11(15)7-10/h2-7,12,18H,8H2,1H3,(H2,16,17). The lowest BCUT2D eigenvalue weighted by Crippen LogP contribution is -2.08. The summed E-state index contributed by atoms with van der Waals surface area (Å²) >= 11 is 3.42. The minimum absolute atomic E-state index is 0.400. The second-order valence-corrected chi connectivity index (χ2v) is 5.19. The maximum Gasteiger partial charge on any atom is 0.129 e. The summed E-state index contributed by atoms with van der Waals surface area (Å²) in [5, 5.41) is 10.3. The van der Waals surface area contributed by atoms with E-state index in [1.807, 2.05) is 37.3 Å². The van der Waals surface area contributed by atoms with Crippen LogP contribution in [-0.4, -0.2) is 10.1 Å². The molecule has 0 bridgehead atoms. The van der Waals surface area contributed by atoms with Gasteiger partial charge >= 0.3 is 0 Å². The normalized spacial score (nSPS) is 12.4. The molecule has 0 aliphatic rings. The SMILES string of the molecule is Cc1ccnc(N)c1C(O)Cc1cccc(Br)c1. The molecule has 2 rings (SSSR count). The van der Waals surface area contributed by atoms with E-state index in [9.17, 15) is 5.11 Å². The molecule has 1 atom stereocenters. The van der Waals surface area contributed by atoms with Crippen LogP contribution < -0.4 is 5.73 Å². The number of benzene rings is 1. The smallest absolute Gasteiger partial charge is 0.129 e. The lowest BCUT2D eigenvalue weighted by atomic mass is 9.98. The van der Waals surface area contributed by atoms with Gasteiger partial charge in [0.05, 0.1) is 6.10 Å². The minimum atomic E-state index is -0.631. The largest absolute Gasteiger partial charge is 0.388 e. The average Bonchev–Trinajstić information content (AvgIpc) is 2.28. The molecule has 0 fully saturated rings. The molecule has 0 saturated heterocycles. The summed E-state index contributed by atoms with van der Waals surface area (Å²) < 4.78 is 1.00. The van der Waals surface area contributed by atoms with Crippen molar-refractivity contribution >= 4 is 21.7 Å². The van der Waals surface area contributed by atoms with E-state index < -0.39 is 6.10 Å². The maximum absolute atomic E-state index is 10.3. The lowest BCUT2D eigenvalue weighted by Gasteiger charge is -2.15. The Labute approximate surface area is 115 Å². The third-order valence-corrected chi connectivity index (χ3v) is 3.38. The van der Waals surface area contributed by atoms with E-state index in [1.54, 1.807) is 6.20 Å². The molecule has 4 heteroatoms. The molecule has 1 unspecified atom stereocenters. The first kappa shape index (κ1) is 13.1. The predicted molar refractivity (Wildman–Crippen MR) is 76.2 cm³/mol. The number of anilines is 1. The molecule has 0 amide bonds. The Kier molecular flexibility index (Phi) is 3.99. The van der Waals surface area contributed by atoms with Crippen LogP contribution in [0.2, 0.25) is 0 Å². The van der Waals surface area contributed by atoms with Crippen molar-refractivity contribution in [3.8, 4) is 0 Å². The van der Waals surface area contributed by atoms with Crippen molar-refractivity contribution in [2.45, 2.75) is 19.4 Å². The quantitative estimate of drug-likeness (QED) is 0.916. The van der Waals surface area contributed by atoms with Crippen molar-refractivity contribution in [2.75, 3.05) is 5.73 Å². The van der Waals surface area contributed by atoms with Gasteiger partial charge in [-0.15, -0.1) is 0 Å². The molecule has 0 radical (unpaired) electrons. The highest BCUT2D eigenvalue weighted by Crippen LogP contribution is 2.26. The monoisotopic (exact) mass is 306 g/mol.